The van der Waals surface area contributed by atoms with Gasteiger partial charge in [-0.3, -0.25) is 9.59 Å². The number of carbonyl (C=O) groups excluding carboxylic acids is 2. The van der Waals surface area contributed by atoms with Crippen LogP contribution < -0.4 is 10.5 Å². The number of primary amides is 1. The van der Waals surface area contributed by atoms with Gasteiger partial charge in [0.15, 0.2) is 0 Å². The Hall–Kier alpha value is -2.76. The van der Waals surface area contributed by atoms with Crippen molar-refractivity contribution in [1.82, 2.24) is 9.47 Å². The van der Waals surface area contributed by atoms with E-state index >= 15 is 0 Å². The lowest BCUT2D eigenvalue weighted by Gasteiger charge is -2.17. The third-order valence-electron chi connectivity index (χ3n) is 5.57. The minimum absolute atomic E-state index is 0.247. The normalized spacial score (nSPS) is 14.0. The number of ether oxygens (including phenoxy) is 1. The average Bonchev–Trinajstić information content (AvgIpc) is 3.22. The highest BCUT2D eigenvalue weighted by molar-refractivity contribution is 6.02. The fourth-order valence-electron chi connectivity index (χ4n) is 4.20. The van der Waals surface area contributed by atoms with Crippen molar-refractivity contribution in [3.8, 4) is 16.9 Å². The van der Waals surface area contributed by atoms with Crippen molar-refractivity contribution in [2.24, 2.45) is 5.73 Å². The second kappa shape index (κ2) is 8.50. The van der Waals surface area contributed by atoms with Gasteiger partial charge < -0.3 is 19.9 Å². The summed E-state index contributed by atoms with van der Waals surface area (Å²) >= 11 is 0. The molecule has 6 heteroatoms. The molecule has 0 bridgehead atoms. The van der Waals surface area contributed by atoms with Crippen LogP contribution in [0.2, 0.25) is 0 Å². The highest BCUT2D eigenvalue weighted by Crippen LogP contribution is 2.34. The van der Waals surface area contributed by atoms with Crippen molar-refractivity contribution in [1.29, 1.82) is 0 Å². The maximum Gasteiger partial charge on any atom is 0.251 e. The zero-order valence-electron chi connectivity index (χ0n) is 17.0. The van der Waals surface area contributed by atoms with Crippen LogP contribution in [0.4, 0.5) is 0 Å². The molecule has 150 valence electrons. The number of nitrogens with zero attached hydrogens (tertiary/aromatic N) is 2. The van der Waals surface area contributed by atoms with E-state index in [0.717, 1.165) is 67.2 Å². The maximum absolute atomic E-state index is 12.3. The summed E-state index contributed by atoms with van der Waals surface area (Å²) < 4.78 is 7.44. The zero-order chi connectivity index (χ0) is 20.3. The van der Waals surface area contributed by atoms with E-state index in [1.165, 1.54) is 0 Å². The van der Waals surface area contributed by atoms with Gasteiger partial charge in [-0.1, -0.05) is 19.1 Å². The number of carbonyl (C=O) groups is 2. The number of nitrogens with two attached hydrogens (primary N) is 1. The number of methoxy groups -OCH3 is 1. The molecule has 1 aliphatic rings. The molecule has 2 aromatic rings. The van der Waals surface area contributed by atoms with Crippen LogP contribution in [0.1, 0.15) is 47.9 Å². The van der Waals surface area contributed by atoms with E-state index in [1.54, 1.807) is 7.11 Å². The van der Waals surface area contributed by atoms with E-state index in [1.807, 2.05) is 36.1 Å². The van der Waals surface area contributed by atoms with Gasteiger partial charge in [-0.05, 0) is 43.9 Å². The van der Waals surface area contributed by atoms with Crippen LogP contribution in [0.3, 0.4) is 0 Å². The summed E-state index contributed by atoms with van der Waals surface area (Å²) in [7, 11) is 1.63. The van der Waals surface area contributed by atoms with E-state index in [4.69, 9.17) is 10.5 Å². The van der Waals surface area contributed by atoms with Crippen LogP contribution in [0, 0.1) is 6.92 Å². The molecule has 2 amide bonds. The van der Waals surface area contributed by atoms with Crippen molar-refractivity contribution >= 4 is 11.8 Å². The number of hydrogen-bond donors (Lipinski definition) is 1. The monoisotopic (exact) mass is 383 g/mol. The number of likely N-dealkylation sites (tertiary alicyclic amines) is 1. The molecular formula is C22H29N3O3. The zero-order valence-corrected chi connectivity index (χ0v) is 17.0. The molecule has 0 spiro atoms. The second-order valence-electron chi connectivity index (χ2n) is 7.22. The topological polar surface area (TPSA) is 77.6 Å². The molecule has 1 aromatic carbocycles. The first-order chi connectivity index (χ1) is 13.5. The van der Waals surface area contributed by atoms with Crippen molar-refractivity contribution in [2.75, 3.05) is 20.2 Å². The Morgan fingerprint density at radius 2 is 1.93 bits per heavy atom. The fraction of sp³-hybridized carbons (Fsp3) is 0.455. The summed E-state index contributed by atoms with van der Waals surface area (Å²) in [4.78, 5) is 26.1. The number of rotatable bonds is 8. The summed E-state index contributed by atoms with van der Waals surface area (Å²) in [5, 5.41) is 0. The van der Waals surface area contributed by atoms with Gasteiger partial charge >= 0.3 is 0 Å². The summed E-state index contributed by atoms with van der Waals surface area (Å²) in [5.41, 5.74) is 10.2. The molecule has 1 aliphatic heterocycles. The highest BCUT2D eigenvalue weighted by atomic mass is 16.5. The third kappa shape index (κ3) is 3.77. The second-order valence-corrected chi connectivity index (χ2v) is 7.22. The first-order valence-electron chi connectivity index (χ1n) is 9.91. The van der Waals surface area contributed by atoms with Crippen molar-refractivity contribution in [3.05, 3.63) is 41.2 Å². The first-order valence-corrected chi connectivity index (χ1v) is 9.91. The van der Waals surface area contributed by atoms with Crippen molar-refractivity contribution < 1.29 is 14.3 Å². The Balaban J connectivity index is 1.93. The van der Waals surface area contributed by atoms with E-state index in [9.17, 15) is 9.59 Å². The van der Waals surface area contributed by atoms with E-state index < -0.39 is 5.91 Å². The molecule has 2 heterocycles. The van der Waals surface area contributed by atoms with E-state index in [-0.39, 0.29) is 5.91 Å². The van der Waals surface area contributed by atoms with Gasteiger partial charge in [0, 0.05) is 43.0 Å². The van der Waals surface area contributed by atoms with Crippen LogP contribution in [-0.4, -0.2) is 41.5 Å². The molecule has 0 radical (unpaired) electrons. The summed E-state index contributed by atoms with van der Waals surface area (Å²) in [5.74, 6) is 0.608. The molecule has 0 aliphatic carbocycles. The Kier molecular flexibility index (Phi) is 6.07. The summed E-state index contributed by atoms with van der Waals surface area (Å²) in [6.07, 6.45) is 3.26. The molecular weight excluding hydrogens is 354 g/mol. The van der Waals surface area contributed by atoms with Crippen LogP contribution in [0.5, 0.6) is 5.75 Å². The Morgan fingerprint density at radius 1 is 1.21 bits per heavy atom. The third-order valence-corrected chi connectivity index (χ3v) is 5.57. The smallest absolute Gasteiger partial charge is 0.251 e. The van der Waals surface area contributed by atoms with Gasteiger partial charge in [0.25, 0.3) is 5.91 Å². The van der Waals surface area contributed by atoms with Gasteiger partial charge in [0.1, 0.15) is 5.75 Å². The van der Waals surface area contributed by atoms with E-state index in [2.05, 4.69) is 11.5 Å². The first kappa shape index (κ1) is 20.0. The van der Waals surface area contributed by atoms with Gasteiger partial charge in [0.05, 0.1) is 12.7 Å². The lowest BCUT2D eigenvalue weighted by Crippen LogP contribution is -2.26. The maximum atomic E-state index is 12.3. The van der Waals surface area contributed by atoms with Crippen molar-refractivity contribution in [3.63, 3.8) is 0 Å². The standard InChI is InChI=1S/C22H29N3O3/c1-4-18-21(16-8-10-17(28-3)11-9-16)20(22(23)27)15(2)25(18)14-6-13-24-12-5-7-19(24)26/h8-11H,4-7,12-14H2,1-3H3,(H2,23,27). The molecule has 0 unspecified atom stereocenters. The van der Waals surface area contributed by atoms with Crippen LogP contribution in [0.25, 0.3) is 11.1 Å². The Bertz CT molecular complexity index is 868. The van der Waals surface area contributed by atoms with Gasteiger partial charge in [-0.25, -0.2) is 0 Å². The van der Waals surface area contributed by atoms with Crippen LogP contribution in [0.15, 0.2) is 24.3 Å². The Labute approximate surface area is 166 Å². The van der Waals surface area contributed by atoms with Gasteiger partial charge in [-0.15, -0.1) is 0 Å². The fourth-order valence-corrected chi connectivity index (χ4v) is 4.20. The molecule has 6 nitrogen and oxygen atoms in total. The number of aromatic nitrogens is 1. The van der Waals surface area contributed by atoms with Gasteiger partial charge in [-0.2, -0.15) is 0 Å². The largest absolute Gasteiger partial charge is 0.497 e. The highest BCUT2D eigenvalue weighted by Gasteiger charge is 2.24. The minimum Gasteiger partial charge on any atom is -0.497 e. The molecule has 0 saturated carbocycles. The molecule has 2 N–H and O–H groups in total. The molecule has 3 rings (SSSR count). The lowest BCUT2D eigenvalue weighted by molar-refractivity contribution is -0.127. The molecule has 0 atom stereocenters. The van der Waals surface area contributed by atoms with Gasteiger partial charge in [0.2, 0.25) is 5.91 Å². The summed E-state index contributed by atoms with van der Waals surface area (Å²) in [6.45, 7) is 6.41. The van der Waals surface area contributed by atoms with E-state index in [0.29, 0.717) is 12.0 Å². The number of amides is 2. The Morgan fingerprint density at radius 3 is 2.46 bits per heavy atom. The molecule has 1 fully saturated rings. The SMILES string of the molecule is CCc1c(-c2ccc(OC)cc2)c(C(N)=O)c(C)n1CCCN1CCCC1=O. The minimum atomic E-state index is -0.411. The number of hydrogen-bond acceptors (Lipinski definition) is 3. The number of benzene rings is 1. The molecule has 1 saturated heterocycles. The lowest BCUT2D eigenvalue weighted by atomic mass is 9.98. The molecule has 28 heavy (non-hydrogen) atoms. The van der Waals surface area contributed by atoms with Crippen LogP contribution >= 0.6 is 0 Å². The predicted octanol–water partition coefficient (Wildman–Crippen LogP) is 3.15. The van der Waals surface area contributed by atoms with Crippen LogP contribution in [-0.2, 0) is 17.8 Å². The van der Waals surface area contributed by atoms with Crippen molar-refractivity contribution in [2.45, 2.75) is 46.1 Å². The predicted molar refractivity (Wildman–Crippen MR) is 109 cm³/mol. The molecule has 1 aromatic heterocycles. The average molecular weight is 383 g/mol. The quantitative estimate of drug-likeness (QED) is 0.761. The summed E-state index contributed by atoms with van der Waals surface area (Å²) in [6, 6.07) is 7.72.